The maximum atomic E-state index is 11.0. The van der Waals surface area contributed by atoms with Crippen molar-refractivity contribution < 1.29 is 9.90 Å². The summed E-state index contributed by atoms with van der Waals surface area (Å²) in [4.78, 5) is 13.4. The van der Waals surface area contributed by atoms with Gasteiger partial charge in [-0.05, 0) is 44.2 Å². The molecule has 1 saturated heterocycles. The molecule has 1 aromatic rings. The van der Waals surface area contributed by atoms with Gasteiger partial charge in [0.1, 0.15) is 0 Å². The molecule has 1 aliphatic rings. The predicted molar refractivity (Wildman–Crippen MR) is 80.6 cm³/mol. The van der Waals surface area contributed by atoms with Crippen LogP contribution in [0.1, 0.15) is 37.3 Å². The van der Waals surface area contributed by atoms with Gasteiger partial charge in [0, 0.05) is 13.1 Å². The molecule has 1 N–H and O–H groups in total. The van der Waals surface area contributed by atoms with Gasteiger partial charge in [0.25, 0.3) is 0 Å². The van der Waals surface area contributed by atoms with E-state index in [4.69, 9.17) is 5.11 Å². The summed E-state index contributed by atoms with van der Waals surface area (Å²) in [5.41, 5.74) is 2.64. The number of aliphatic carboxylic acids is 1. The molecule has 0 aliphatic carbocycles. The largest absolute Gasteiger partial charge is 0.481 e. The predicted octanol–water partition coefficient (Wildman–Crippen LogP) is 3.32. The second kappa shape index (κ2) is 6.89. The monoisotopic (exact) mass is 275 g/mol. The van der Waals surface area contributed by atoms with Crippen LogP contribution < -0.4 is 0 Å². The van der Waals surface area contributed by atoms with Gasteiger partial charge < -0.3 is 5.11 Å². The quantitative estimate of drug-likeness (QED) is 0.896. The van der Waals surface area contributed by atoms with Crippen LogP contribution in [0.4, 0.5) is 0 Å². The van der Waals surface area contributed by atoms with Crippen molar-refractivity contribution in [1.29, 1.82) is 0 Å². The number of nitrogens with zero attached hydrogens (tertiary/aromatic N) is 1. The first-order chi connectivity index (χ1) is 9.54. The number of aryl methyl sites for hydroxylation is 1. The lowest BCUT2D eigenvalue weighted by molar-refractivity contribution is -0.141. The van der Waals surface area contributed by atoms with Gasteiger partial charge in [-0.2, -0.15) is 0 Å². The molecule has 0 aromatic heterocycles. The van der Waals surface area contributed by atoms with E-state index in [-0.39, 0.29) is 5.92 Å². The Labute approximate surface area is 121 Å². The highest BCUT2D eigenvalue weighted by Crippen LogP contribution is 2.24. The number of benzene rings is 1. The standard InChI is InChI=1S/C17H25NO2/c1-13-5-7-15(8-6-13)11-18-9-3-4-16(12-18)10-14(2)17(19)20/h5-8,14,16H,3-4,9-12H2,1-2H3,(H,19,20). The Morgan fingerprint density at radius 3 is 2.75 bits per heavy atom. The molecule has 1 aliphatic heterocycles. The number of carboxylic acid groups (broad SMARTS) is 1. The van der Waals surface area contributed by atoms with Crippen LogP contribution in [0.25, 0.3) is 0 Å². The molecule has 20 heavy (non-hydrogen) atoms. The molecule has 1 aromatic carbocycles. The Morgan fingerprint density at radius 1 is 1.40 bits per heavy atom. The van der Waals surface area contributed by atoms with E-state index in [0.29, 0.717) is 5.92 Å². The summed E-state index contributed by atoms with van der Waals surface area (Å²) >= 11 is 0. The molecule has 0 bridgehead atoms. The Hall–Kier alpha value is -1.35. The third-order valence-corrected chi connectivity index (χ3v) is 4.24. The van der Waals surface area contributed by atoms with Crippen LogP contribution in [0.2, 0.25) is 0 Å². The minimum atomic E-state index is -0.666. The highest BCUT2D eigenvalue weighted by molar-refractivity contribution is 5.69. The van der Waals surface area contributed by atoms with E-state index in [9.17, 15) is 4.79 Å². The maximum Gasteiger partial charge on any atom is 0.306 e. The molecule has 110 valence electrons. The minimum absolute atomic E-state index is 0.223. The summed E-state index contributed by atoms with van der Waals surface area (Å²) in [6.07, 6.45) is 3.16. The third kappa shape index (κ3) is 4.34. The summed E-state index contributed by atoms with van der Waals surface area (Å²) in [5.74, 6) is -0.361. The van der Waals surface area contributed by atoms with Crippen molar-refractivity contribution in [3.63, 3.8) is 0 Å². The third-order valence-electron chi connectivity index (χ3n) is 4.24. The number of hydrogen-bond acceptors (Lipinski definition) is 2. The van der Waals surface area contributed by atoms with Crippen LogP contribution in [-0.2, 0) is 11.3 Å². The lowest BCUT2D eigenvalue weighted by Gasteiger charge is -2.33. The van der Waals surface area contributed by atoms with E-state index in [0.717, 1.165) is 26.1 Å². The topological polar surface area (TPSA) is 40.5 Å². The van der Waals surface area contributed by atoms with Gasteiger partial charge in [-0.1, -0.05) is 36.8 Å². The van der Waals surface area contributed by atoms with Crippen LogP contribution >= 0.6 is 0 Å². The second-order valence-electron chi connectivity index (χ2n) is 6.20. The fraction of sp³-hybridized carbons (Fsp3) is 0.588. The highest BCUT2D eigenvalue weighted by Gasteiger charge is 2.24. The summed E-state index contributed by atoms with van der Waals surface area (Å²) in [5, 5.41) is 9.03. The van der Waals surface area contributed by atoms with E-state index < -0.39 is 5.97 Å². The zero-order valence-corrected chi connectivity index (χ0v) is 12.5. The molecule has 2 unspecified atom stereocenters. The molecular formula is C17H25NO2. The van der Waals surface area contributed by atoms with Crippen molar-refractivity contribution in [3.8, 4) is 0 Å². The first kappa shape index (κ1) is 15.0. The van der Waals surface area contributed by atoms with E-state index in [2.05, 4.69) is 36.1 Å². The van der Waals surface area contributed by atoms with Crippen molar-refractivity contribution in [2.75, 3.05) is 13.1 Å². The van der Waals surface area contributed by atoms with Crippen LogP contribution in [-0.4, -0.2) is 29.1 Å². The maximum absolute atomic E-state index is 11.0. The van der Waals surface area contributed by atoms with Crippen molar-refractivity contribution in [3.05, 3.63) is 35.4 Å². The molecule has 0 radical (unpaired) electrons. The molecule has 3 heteroatoms. The van der Waals surface area contributed by atoms with Gasteiger partial charge in [0.05, 0.1) is 5.92 Å². The molecule has 0 spiro atoms. The fourth-order valence-corrected chi connectivity index (χ4v) is 3.04. The van der Waals surface area contributed by atoms with Gasteiger partial charge >= 0.3 is 5.97 Å². The minimum Gasteiger partial charge on any atom is -0.481 e. The average Bonchev–Trinajstić information content (AvgIpc) is 2.42. The van der Waals surface area contributed by atoms with E-state index >= 15 is 0 Å². The molecular weight excluding hydrogens is 250 g/mol. The zero-order valence-electron chi connectivity index (χ0n) is 12.5. The lowest BCUT2D eigenvalue weighted by atomic mass is 9.89. The molecule has 0 amide bonds. The van der Waals surface area contributed by atoms with Gasteiger partial charge in [-0.25, -0.2) is 0 Å². The summed E-state index contributed by atoms with van der Waals surface area (Å²) in [6, 6.07) is 8.70. The van der Waals surface area contributed by atoms with Crippen molar-refractivity contribution in [2.24, 2.45) is 11.8 Å². The van der Waals surface area contributed by atoms with Crippen LogP contribution in [0.3, 0.4) is 0 Å². The van der Waals surface area contributed by atoms with Crippen molar-refractivity contribution in [2.45, 2.75) is 39.7 Å². The Kier molecular flexibility index (Phi) is 5.18. The number of hydrogen-bond donors (Lipinski definition) is 1. The molecule has 2 rings (SSSR count). The first-order valence-electron chi connectivity index (χ1n) is 7.55. The first-order valence-corrected chi connectivity index (χ1v) is 7.55. The van der Waals surface area contributed by atoms with Gasteiger partial charge in [0.2, 0.25) is 0 Å². The van der Waals surface area contributed by atoms with Crippen molar-refractivity contribution in [1.82, 2.24) is 4.90 Å². The van der Waals surface area contributed by atoms with E-state index in [1.54, 1.807) is 0 Å². The second-order valence-corrected chi connectivity index (χ2v) is 6.20. The Morgan fingerprint density at radius 2 is 2.10 bits per heavy atom. The number of piperidine rings is 1. The lowest BCUT2D eigenvalue weighted by Crippen LogP contribution is -2.36. The smallest absolute Gasteiger partial charge is 0.306 e. The average molecular weight is 275 g/mol. The Balaban J connectivity index is 1.87. The zero-order chi connectivity index (χ0) is 14.5. The van der Waals surface area contributed by atoms with Crippen LogP contribution in [0, 0.1) is 18.8 Å². The number of carbonyl (C=O) groups is 1. The van der Waals surface area contributed by atoms with Gasteiger partial charge in [0.15, 0.2) is 0 Å². The van der Waals surface area contributed by atoms with E-state index in [1.807, 2.05) is 6.92 Å². The number of carboxylic acids is 1. The molecule has 0 saturated carbocycles. The summed E-state index contributed by atoms with van der Waals surface area (Å²) in [6.45, 7) is 7.07. The molecule has 2 atom stereocenters. The fourth-order valence-electron chi connectivity index (χ4n) is 3.04. The Bertz CT molecular complexity index is 441. The highest BCUT2D eigenvalue weighted by atomic mass is 16.4. The summed E-state index contributed by atoms with van der Waals surface area (Å²) in [7, 11) is 0. The number of rotatable bonds is 5. The van der Waals surface area contributed by atoms with Crippen LogP contribution in [0.5, 0.6) is 0 Å². The van der Waals surface area contributed by atoms with E-state index in [1.165, 1.54) is 24.0 Å². The normalized spacial score (nSPS) is 21.6. The van der Waals surface area contributed by atoms with Crippen molar-refractivity contribution >= 4 is 5.97 Å². The summed E-state index contributed by atoms with van der Waals surface area (Å²) < 4.78 is 0. The molecule has 1 fully saturated rings. The SMILES string of the molecule is Cc1ccc(CN2CCCC(CC(C)C(=O)O)C2)cc1. The van der Waals surface area contributed by atoms with Gasteiger partial charge in [-0.3, -0.25) is 9.69 Å². The van der Waals surface area contributed by atoms with Gasteiger partial charge in [-0.15, -0.1) is 0 Å². The molecule has 3 nitrogen and oxygen atoms in total. The number of likely N-dealkylation sites (tertiary alicyclic amines) is 1. The molecule has 1 heterocycles. The van der Waals surface area contributed by atoms with Crippen LogP contribution in [0.15, 0.2) is 24.3 Å².